The minimum Gasteiger partial charge on any atom is -0.492 e. The second-order valence-corrected chi connectivity index (χ2v) is 5.36. The molecule has 0 spiro atoms. The molecule has 0 unspecified atom stereocenters. The van der Waals surface area contributed by atoms with Crippen molar-refractivity contribution in [3.8, 4) is 5.75 Å². The van der Waals surface area contributed by atoms with Crippen molar-refractivity contribution in [2.24, 2.45) is 0 Å². The summed E-state index contributed by atoms with van der Waals surface area (Å²) in [6.07, 6.45) is 1.59. The van der Waals surface area contributed by atoms with Crippen LogP contribution in [-0.2, 0) is 0 Å². The quantitative estimate of drug-likeness (QED) is 0.652. The molecule has 0 saturated heterocycles. The van der Waals surface area contributed by atoms with Crippen molar-refractivity contribution in [1.82, 2.24) is 4.98 Å². The molecule has 0 aliphatic carbocycles. The summed E-state index contributed by atoms with van der Waals surface area (Å²) in [5, 5.41) is 10.5. The van der Waals surface area contributed by atoms with Crippen molar-refractivity contribution in [1.29, 1.82) is 0 Å². The molecule has 20 heavy (non-hydrogen) atoms. The fourth-order valence-corrected chi connectivity index (χ4v) is 2.29. The molecule has 1 aromatic heterocycles. The molecule has 6 heteroatoms. The summed E-state index contributed by atoms with van der Waals surface area (Å²) in [5.41, 5.74) is 0.169. The molecule has 0 fully saturated rings. The van der Waals surface area contributed by atoms with Crippen molar-refractivity contribution >= 4 is 29.3 Å². The van der Waals surface area contributed by atoms with Gasteiger partial charge in [0.25, 0.3) is 0 Å². The molecule has 1 heterocycles. The maximum Gasteiger partial charge on any atom is 0.339 e. The summed E-state index contributed by atoms with van der Waals surface area (Å²) in [4.78, 5) is 15.2. The number of aromatic nitrogens is 1. The van der Waals surface area contributed by atoms with Crippen molar-refractivity contribution in [2.75, 3.05) is 12.4 Å². The average Bonchev–Trinajstić information content (AvgIpc) is 2.46. The molecule has 0 bridgehead atoms. The molecule has 0 aliphatic rings. The van der Waals surface area contributed by atoms with E-state index in [4.69, 9.17) is 21.4 Å². The van der Waals surface area contributed by atoms with Crippen molar-refractivity contribution in [3.05, 3.63) is 53.2 Å². The lowest BCUT2D eigenvalue weighted by molar-refractivity contribution is 0.0692. The Morgan fingerprint density at radius 1 is 1.30 bits per heavy atom. The molecule has 1 N–H and O–H groups in total. The van der Waals surface area contributed by atoms with Crippen molar-refractivity contribution in [3.63, 3.8) is 0 Å². The first-order chi connectivity index (χ1) is 9.66. The first-order valence-electron chi connectivity index (χ1n) is 5.86. The fraction of sp³-hybridized carbons (Fsp3) is 0.143. The number of carbonyl (C=O) groups is 1. The van der Waals surface area contributed by atoms with E-state index in [0.717, 1.165) is 5.03 Å². The van der Waals surface area contributed by atoms with Crippen LogP contribution in [0.1, 0.15) is 10.4 Å². The highest BCUT2D eigenvalue weighted by molar-refractivity contribution is 7.99. The van der Waals surface area contributed by atoms with Gasteiger partial charge in [0.15, 0.2) is 0 Å². The Labute approximate surface area is 125 Å². The Morgan fingerprint density at radius 2 is 2.10 bits per heavy atom. The van der Waals surface area contributed by atoms with Gasteiger partial charge in [0, 0.05) is 11.9 Å². The highest BCUT2D eigenvalue weighted by atomic mass is 35.5. The second-order valence-electron chi connectivity index (χ2n) is 3.81. The van der Waals surface area contributed by atoms with Crippen LogP contribution in [0.4, 0.5) is 0 Å². The zero-order chi connectivity index (χ0) is 14.4. The molecule has 0 aliphatic heterocycles. The van der Waals surface area contributed by atoms with Crippen LogP contribution in [0.15, 0.2) is 47.6 Å². The number of carboxylic acids is 1. The monoisotopic (exact) mass is 309 g/mol. The number of hydrogen-bond donors (Lipinski definition) is 1. The van der Waals surface area contributed by atoms with Gasteiger partial charge < -0.3 is 9.84 Å². The minimum atomic E-state index is -0.993. The van der Waals surface area contributed by atoms with Crippen molar-refractivity contribution < 1.29 is 14.6 Å². The maximum absolute atomic E-state index is 11.0. The van der Waals surface area contributed by atoms with Gasteiger partial charge in [-0.2, -0.15) is 0 Å². The molecule has 0 amide bonds. The predicted octanol–water partition coefficient (Wildman–Crippen LogP) is 3.60. The Kier molecular flexibility index (Phi) is 5.26. The van der Waals surface area contributed by atoms with Gasteiger partial charge in [-0.1, -0.05) is 23.7 Å². The third-order valence-electron chi connectivity index (χ3n) is 2.41. The lowest BCUT2D eigenvalue weighted by atomic mass is 10.2. The fourth-order valence-electron chi connectivity index (χ4n) is 1.51. The number of pyridine rings is 1. The van der Waals surface area contributed by atoms with Crippen LogP contribution >= 0.6 is 23.4 Å². The smallest absolute Gasteiger partial charge is 0.339 e. The zero-order valence-electron chi connectivity index (χ0n) is 10.5. The van der Waals surface area contributed by atoms with E-state index < -0.39 is 5.97 Å². The van der Waals surface area contributed by atoms with Gasteiger partial charge in [0.1, 0.15) is 11.3 Å². The van der Waals surface area contributed by atoms with Gasteiger partial charge in [0.05, 0.1) is 16.7 Å². The average molecular weight is 310 g/mol. The number of halogens is 1. The molecule has 104 valence electrons. The highest BCUT2D eigenvalue weighted by Gasteiger charge is 2.09. The van der Waals surface area contributed by atoms with Gasteiger partial charge in [-0.3, -0.25) is 0 Å². The van der Waals surface area contributed by atoms with Crippen LogP contribution in [0.2, 0.25) is 5.02 Å². The second kappa shape index (κ2) is 7.17. The van der Waals surface area contributed by atoms with Gasteiger partial charge in [-0.15, -0.1) is 11.8 Å². The Bertz CT molecular complexity index is 589. The summed E-state index contributed by atoms with van der Waals surface area (Å²) in [7, 11) is 0. The number of hydrogen-bond acceptors (Lipinski definition) is 4. The Hall–Kier alpha value is -1.72. The first kappa shape index (κ1) is 14.7. The number of benzene rings is 1. The molecular weight excluding hydrogens is 298 g/mol. The van der Waals surface area contributed by atoms with E-state index in [1.807, 2.05) is 6.07 Å². The van der Waals surface area contributed by atoms with Crippen LogP contribution in [0.5, 0.6) is 5.75 Å². The Balaban J connectivity index is 1.84. The van der Waals surface area contributed by atoms with E-state index in [1.54, 1.807) is 30.5 Å². The van der Waals surface area contributed by atoms with E-state index in [9.17, 15) is 4.79 Å². The van der Waals surface area contributed by atoms with Crippen molar-refractivity contribution in [2.45, 2.75) is 5.03 Å². The number of nitrogens with zero attached hydrogens (tertiary/aromatic N) is 1. The summed E-state index contributed by atoms with van der Waals surface area (Å²) in [6.45, 7) is 0.402. The lowest BCUT2D eigenvalue weighted by Crippen LogP contribution is -2.05. The lowest BCUT2D eigenvalue weighted by Gasteiger charge is -2.08. The topological polar surface area (TPSA) is 59.4 Å². The van der Waals surface area contributed by atoms with E-state index in [2.05, 4.69) is 4.98 Å². The van der Waals surface area contributed by atoms with Crippen LogP contribution in [0, 0.1) is 0 Å². The normalized spacial score (nSPS) is 10.2. The number of thioether (sulfide) groups is 1. The van der Waals surface area contributed by atoms with Crippen LogP contribution in [-0.4, -0.2) is 28.4 Å². The Morgan fingerprint density at radius 3 is 2.80 bits per heavy atom. The summed E-state index contributed by atoms with van der Waals surface area (Å²) in [6, 6.07) is 10.2. The molecule has 1 aromatic carbocycles. The molecule has 0 saturated carbocycles. The number of para-hydroxylation sites is 1. The predicted molar refractivity (Wildman–Crippen MR) is 78.9 cm³/mol. The van der Waals surface area contributed by atoms with Crippen LogP contribution in [0.25, 0.3) is 0 Å². The highest BCUT2D eigenvalue weighted by Crippen LogP contribution is 2.20. The third-order valence-corrected chi connectivity index (χ3v) is 3.54. The summed E-state index contributed by atoms with van der Waals surface area (Å²) < 4.78 is 5.49. The minimum absolute atomic E-state index is 0.169. The van der Waals surface area contributed by atoms with Gasteiger partial charge in [0.2, 0.25) is 0 Å². The van der Waals surface area contributed by atoms with E-state index in [-0.39, 0.29) is 5.56 Å². The van der Waals surface area contributed by atoms with Crippen LogP contribution < -0.4 is 4.74 Å². The van der Waals surface area contributed by atoms with E-state index >= 15 is 0 Å². The standard InChI is InChI=1S/C14H12ClNO3S/c15-10-5-6-13(16-9-10)20-8-7-19-12-4-2-1-3-11(12)14(17)18/h1-6,9H,7-8H2,(H,17,18). The third kappa shape index (κ3) is 4.15. The molecular formula is C14H12ClNO3S. The molecule has 2 rings (SSSR count). The molecule has 2 aromatic rings. The maximum atomic E-state index is 11.0. The molecule has 0 atom stereocenters. The van der Waals surface area contributed by atoms with E-state index in [0.29, 0.717) is 23.1 Å². The number of carboxylic acid groups (broad SMARTS) is 1. The molecule has 0 radical (unpaired) electrons. The van der Waals surface area contributed by atoms with Crippen LogP contribution in [0.3, 0.4) is 0 Å². The first-order valence-corrected chi connectivity index (χ1v) is 7.22. The van der Waals surface area contributed by atoms with Gasteiger partial charge >= 0.3 is 5.97 Å². The zero-order valence-corrected chi connectivity index (χ0v) is 12.0. The number of rotatable bonds is 6. The van der Waals surface area contributed by atoms with Gasteiger partial charge in [-0.05, 0) is 24.3 Å². The summed E-state index contributed by atoms with van der Waals surface area (Å²) >= 11 is 7.27. The number of aromatic carboxylic acids is 1. The SMILES string of the molecule is O=C(O)c1ccccc1OCCSc1ccc(Cl)cn1. The number of ether oxygens (including phenoxy) is 1. The van der Waals surface area contributed by atoms with E-state index in [1.165, 1.54) is 17.8 Å². The van der Waals surface area contributed by atoms with Gasteiger partial charge in [-0.25, -0.2) is 9.78 Å². The largest absolute Gasteiger partial charge is 0.492 e. The molecule has 4 nitrogen and oxygen atoms in total. The summed E-state index contributed by atoms with van der Waals surface area (Å²) in [5.74, 6) is 0.0556.